The Morgan fingerprint density at radius 2 is 1.83 bits per heavy atom. The number of nitrogens with zero attached hydrogens (tertiary/aromatic N) is 4. The molecule has 0 unspecified atom stereocenters. The van der Waals surface area contributed by atoms with Crippen molar-refractivity contribution in [3.63, 3.8) is 0 Å². The van der Waals surface area contributed by atoms with Gasteiger partial charge in [-0.3, -0.25) is 9.47 Å². The van der Waals surface area contributed by atoms with E-state index in [-0.39, 0.29) is 0 Å². The quantitative estimate of drug-likeness (QED) is 0.602. The molecule has 24 heavy (non-hydrogen) atoms. The number of rotatable bonds is 7. The molecule has 0 saturated carbocycles. The van der Waals surface area contributed by atoms with E-state index >= 15 is 0 Å². The zero-order chi connectivity index (χ0) is 16.8. The van der Waals surface area contributed by atoms with Crippen molar-refractivity contribution in [2.24, 2.45) is 5.73 Å². The van der Waals surface area contributed by atoms with Crippen molar-refractivity contribution in [3.8, 4) is 5.69 Å². The lowest BCUT2D eigenvalue weighted by Crippen LogP contribution is -2.30. The summed E-state index contributed by atoms with van der Waals surface area (Å²) in [6.07, 6.45) is 4.85. The van der Waals surface area contributed by atoms with E-state index in [0.717, 1.165) is 53.5 Å². The van der Waals surface area contributed by atoms with Crippen molar-refractivity contribution in [2.75, 3.05) is 25.4 Å². The third-order valence-electron chi connectivity index (χ3n) is 4.18. The Kier molecular flexibility index (Phi) is 6.54. The van der Waals surface area contributed by atoms with Gasteiger partial charge in [-0.2, -0.15) is 0 Å². The Hall–Kier alpha value is -1.08. The maximum absolute atomic E-state index is 6.04. The number of hydrogen-bond donors (Lipinski definition) is 1. The van der Waals surface area contributed by atoms with Gasteiger partial charge in [-0.25, -0.2) is 0 Å². The summed E-state index contributed by atoms with van der Waals surface area (Å²) >= 11 is 7.75. The van der Waals surface area contributed by atoms with Crippen molar-refractivity contribution in [1.82, 2.24) is 19.7 Å². The molecule has 5 nitrogen and oxygen atoms in total. The average Bonchev–Trinajstić information content (AvgIpc) is 2.99. The van der Waals surface area contributed by atoms with Crippen LogP contribution in [-0.2, 0) is 6.54 Å². The molecule has 0 aliphatic carbocycles. The van der Waals surface area contributed by atoms with Crippen LogP contribution in [0.5, 0.6) is 0 Å². The van der Waals surface area contributed by atoms with Gasteiger partial charge < -0.3 is 5.73 Å². The van der Waals surface area contributed by atoms with Gasteiger partial charge in [0.25, 0.3) is 0 Å². The molecule has 1 aliphatic heterocycles. The van der Waals surface area contributed by atoms with E-state index in [1.807, 2.05) is 24.3 Å². The molecular weight excluding hydrogens is 342 g/mol. The molecule has 0 radical (unpaired) electrons. The second-order valence-electron chi connectivity index (χ2n) is 6.04. The molecule has 1 aromatic heterocycles. The van der Waals surface area contributed by atoms with Gasteiger partial charge in [0.05, 0.1) is 6.54 Å². The van der Waals surface area contributed by atoms with Gasteiger partial charge in [-0.05, 0) is 63.2 Å². The Morgan fingerprint density at radius 1 is 1.08 bits per heavy atom. The molecule has 2 N–H and O–H groups in total. The number of thioether (sulfide) groups is 1. The molecule has 130 valence electrons. The van der Waals surface area contributed by atoms with Crippen LogP contribution in [0.2, 0.25) is 5.02 Å². The number of likely N-dealkylation sites (tertiary alicyclic amines) is 1. The van der Waals surface area contributed by atoms with Crippen molar-refractivity contribution in [3.05, 3.63) is 35.1 Å². The fourth-order valence-electron chi connectivity index (χ4n) is 2.91. The van der Waals surface area contributed by atoms with Crippen LogP contribution >= 0.6 is 23.4 Å². The molecule has 0 atom stereocenters. The van der Waals surface area contributed by atoms with Gasteiger partial charge >= 0.3 is 0 Å². The van der Waals surface area contributed by atoms with E-state index in [0.29, 0.717) is 6.54 Å². The minimum Gasteiger partial charge on any atom is -0.330 e. The highest BCUT2D eigenvalue weighted by Crippen LogP contribution is 2.25. The number of halogens is 1. The summed E-state index contributed by atoms with van der Waals surface area (Å²) in [5, 5.41) is 10.6. The highest BCUT2D eigenvalue weighted by molar-refractivity contribution is 7.99. The van der Waals surface area contributed by atoms with Crippen LogP contribution < -0.4 is 5.73 Å². The Balaban J connectivity index is 1.85. The lowest BCUT2D eigenvalue weighted by atomic mass is 10.1. The largest absolute Gasteiger partial charge is 0.330 e. The predicted molar refractivity (Wildman–Crippen MR) is 99.9 cm³/mol. The zero-order valence-electron chi connectivity index (χ0n) is 13.8. The maximum Gasteiger partial charge on any atom is 0.195 e. The molecule has 7 heteroatoms. The van der Waals surface area contributed by atoms with Gasteiger partial charge in [0.1, 0.15) is 0 Å². The van der Waals surface area contributed by atoms with Crippen molar-refractivity contribution < 1.29 is 0 Å². The van der Waals surface area contributed by atoms with E-state index in [9.17, 15) is 0 Å². The van der Waals surface area contributed by atoms with Crippen LogP contribution in [0.1, 0.15) is 31.5 Å². The third kappa shape index (κ3) is 4.51. The maximum atomic E-state index is 6.04. The van der Waals surface area contributed by atoms with Crippen molar-refractivity contribution in [2.45, 2.75) is 37.4 Å². The van der Waals surface area contributed by atoms with Crippen LogP contribution in [-0.4, -0.2) is 45.1 Å². The highest BCUT2D eigenvalue weighted by atomic mass is 35.5. The zero-order valence-corrected chi connectivity index (χ0v) is 15.4. The van der Waals surface area contributed by atoms with Gasteiger partial charge in [-0.1, -0.05) is 29.8 Å². The molecule has 2 heterocycles. The number of piperidine rings is 1. The van der Waals surface area contributed by atoms with E-state index in [4.69, 9.17) is 17.3 Å². The molecule has 0 spiro atoms. The van der Waals surface area contributed by atoms with Gasteiger partial charge in [0, 0.05) is 16.5 Å². The molecular formula is C17H24ClN5S. The van der Waals surface area contributed by atoms with Crippen LogP contribution in [0.4, 0.5) is 0 Å². The summed E-state index contributed by atoms with van der Waals surface area (Å²) in [6, 6.07) is 7.88. The lowest BCUT2D eigenvalue weighted by molar-refractivity contribution is 0.214. The summed E-state index contributed by atoms with van der Waals surface area (Å²) in [6.45, 7) is 3.82. The Bertz CT molecular complexity index is 637. The third-order valence-corrected chi connectivity index (χ3v) is 5.45. The highest BCUT2D eigenvalue weighted by Gasteiger charge is 2.18. The normalized spacial score (nSPS) is 15.8. The number of benzene rings is 1. The second-order valence-corrected chi connectivity index (χ2v) is 7.54. The first-order valence-electron chi connectivity index (χ1n) is 8.53. The first-order chi connectivity index (χ1) is 11.8. The van der Waals surface area contributed by atoms with Crippen LogP contribution in [0, 0.1) is 0 Å². The van der Waals surface area contributed by atoms with Crippen molar-refractivity contribution >= 4 is 23.4 Å². The van der Waals surface area contributed by atoms with Gasteiger partial charge in [0.2, 0.25) is 0 Å². The number of nitrogens with two attached hydrogens (primary N) is 1. The van der Waals surface area contributed by atoms with Crippen LogP contribution in [0.25, 0.3) is 5.69 Å². The van der Waals surface area contributed by atoms with Crippen LogP contribution in [0.15, 0.2) is 29.4 Å². The summed E-state index contributed by atoms with van der Waals surface area (Å²) in [7, 11) is 0. The Morgan fingerprint density at radius 3 is 2.54 bits per heavy atom. The first-order valence-corrected chi connectivity index (χ1v) is 9.90. The lowest BCUT2D eigenvalue weighted by Gasteiger charge is -2.26. The fraction of sp³-hybridized carbons (Fsp3) is 0.529. The number of hydrogen-bond acceptors (Lipinski definition) is 5. The minimum atomic E-state index is 0.697. The van der Waals surface area contributed by atoms with E-state index in [2.05, 4.69) is 19.7 Å². The minimum absolute atomic E-state index is 0.697. The molecule has 3 rings (SSSR count). The summed E-state index contributed by atoms with van der Waals surface area (Å²) in [4.78, 5) is 2.47. The standard InChI is InChI=1S/C17H24ClN5S/c18-14-5-7-15(8-6-14)23-16(13-22-10-2-1-3-11-22)20-21-17(23)24-12-4-9-19/h5-8H,1-4,9-13,19H2. The monoisotopic (exact) mass is 365 g/mol. The first kappa shape index (κ1) is 17.7. The van der Waals surface area contributed by atoms with E-state index in [1.165, 1.54) is 19.3 Å². The topological polar surface area (TPSA) is 60.0 Å². The smallest absolute Gasteiger partial charge is 0.195 e. The molecule has 0 bridgehead atoms. The molecule has 1 saturated heterocycles. The average molecular weight is 366 g/mol. The second kappa shape index (κ2) is 8.85. The molecule has 1 aliphatic rings. The summed E-state index contributed by atoms with van der Waals surface area (Å²) in [5.41, 5.74) is 6.67. The van der Waals surface area contributed by atoms with E-state index < -0.39 is 0 Å². The molecule has 1 fully saturated rings. The van der Waals surface area contributed by atoms with Gasteiger partial charge in [0.15, 0.2) is 11.0 Å². The van der Waals surface area contributed by atoms with Crippen molar-refractivity contribution in [1.29, 1.82) is 0 Å². The van der Waals surface area contributed by atoms with Gasteiger partial charge in [-0.15, -0.1) is 10.2 Å². The Labute approximate surface area is 152 Å². The molecule has 0 amide bonds. The predicted octanol–water partition coefficient (Wildman–Crippen LogP) is 3.35. The number of aromatic nitrogens is 3. The molecule has 1 aromatic carbocycles. The van der Waals surface area contributed by atoms with E-state index in [1.54, 1.807) is 11.8 Å². The SMILES string of the molecule is NCCCSc1nnc(CN2CCCCC2)n1-c1ccc(Cl)cc1. The van der Waals surface area contributed by atoms with Crippen LogP contribution in [0.3, 0.4) is 0 Å². The summed E-state index contributed by atoms with van der Waals surface area (Å²) < 4.78 is 2.16. The fourth-order valence-corrected chi connectivity index (χ4v) is 3.97. The molecule has 2 aromatic rings. The summed E-state index contributed by atoms with van der Waals surface area (Å²) in [5.74, 6) is 1.95.